The molecule has 0 atom stereocenters. The smallest absolute Gasteiger partial charge is 0.123 e. The second kappa shape index (κ2) is 5.86. The number of hydrogen-bond acceptors (Lipinski definition) is 1. The predicted octanol–water partition coefficient (Wildman–Crippen LogP) is 4.31. The Morgan fingerprint density at radius 3 is 2.62 bits per heavy atom. The lowest BCUT2D eigenvalue weighted by Crippen LogP contribution is -2.06. The largest absolute Gasteiger partial charge is 0.323 e. The van der Waals surface area contributed by atoms with Crippen molar-refractivity contribution in [2.45, 2.75) is 19.9 Å². The number of benzene rings is 2. The Balaban J connectivity index is 2.10. The summed E-state index contributed by atoms with van der Waals surface area (Å²) in [5.41, 5.74) is 4.34. The molecule has 0 saturated carbocycles. The fourth-order valence-corrected chi connectivity index (χ4v) is 2.80. The molecule has 4 heteroatoms. The molecule has 0 N–H and O–H groups in total. The average molecular weight is 303 g/mol. The molecule has 0 saturated heterocycles. The van der Waals surface area contributed by atoms with Crippen molar-refractivity contribution in [3.63, 3.8) is 0 Å². The van der Waals surface area contributed by atoms with E-state index in [1.165, 1.54) is 17.7 Å². The summed E-state index contributed by atoms with van der Waals surface area (Å²) in [7, 11) is 0. The van der Waals surface area contributed by atoms with Crippen LogP contribution in [0.3, 0.4) is 0 Å². The molecule has 0 fully saturated rings. The van der Waals surface area contributed by atoms with Gasteiger partial charge in [-0.05, 0) is 36.2 Å². The summed E-state index contributed by atoms with van der Waals surface area (Å²) in [5.74, 6) is 1.29. The van der Waals surface area contributed by atoms with Crippen molar-refractivity contribution in [1.29, 1.82) is 0 Å². The minimum Gasteiger partial charge on any atom is -0.323 e. The number of nitrogens with zero attached hydrogens (tertiary/aromatic N) is 2. The van der Waals surface area contributed by atoms with E-state index in [2.05, 4.69) is 22.5 Å². The third-order valence-corrected chi connectivity index (χ3v) is 3.81. The predicted molar refractivity (Wildman–Crippen MR) is 84.4 cm³/mol. The van der Waals surface area contributed by atoms with Gasteiger partial charge in [0.1, 0.15) is 11.6 Å². The maximum atomic E-state index is 13.0. The van der Waals surface area contributed by atoms with Gasteiger partial charge < -0.3 is 4.57 Å². The Morgan fingerprint density at radius 1 is 1.14 bits per heavy atom. The van der Waals surface area contributed by atoms with Gasteiger partial charge in [0.05, 0.1) is 11.0 Å². The molecule has 0 bridgehead atoms. The summed E-state index contributed by atoms with van der Waals surface area (Å²) < 4.78 is 15.2. The number of rotatable bonds is 4. The first-order valence-electron chi connectivity index (χ1n) is 6.94. The Hall–Kier alpha value is -1.87. The highest BCUT2D eigenvalue weighted by Crippen LogP contribution is 2.22. The summed E-state index contributed by atoms with van der Waals surface area (Å²) in [6, 6.07) is 12.7. The second-order valence-corrected chi connectivity index (χ2v) is 5.50. The first-order valence-corrected chi connectivity index (χ1v) is 7.47. The summed E-state index contributed by atoms with van der Waals surface area (Å²) in [6.07, 6.45) is 0.719. The molecule has 0 amide bonds. The van der Waals surface area contributed by atoms with Gasteiger partial charge in [0.25, 0.3) is 0 Å². The van der Waals surface area contributed by atoms with E-state index in [1.807, 2.05) is 24.3 Å². The molecule has 1 heterocycles. The monoisotopic (exact) mass is 302 g/mol. The van der Waals surface area contributed by atoms with Crippen LogP contribution in [0.15, 0.2) is 42.5 Å². The lowest BCUT2D eigenvalue weighted by molar-refractivity contribution is 0.626. The highest BCUT2D eigenvalue weighted by molar-refractivity contribution is 6.17. The van der Waals surface area contributed by atoms with Gasteiger partial charge in [-0.3, -0.25) is 0 Å². The van der Waals surface area contributed by atoms with Crippen LogP contribution in [0.1, 0.15) is 17.0 Å². The van der Waals surface area contributed by atoms with Gasteiger partial charge in [0.15, 0.2) is 0 Å². The summed E-state index contributed by atoms with van der Waals surface area (Å²) in [6.45, 7) is 2.75. The van der Waals surface area contributed by atoms with Crippen LogP contribution in [0.25, 0.3) is 11.0 Å². The Kier molecular flexibility index (Phi) is 3.93. The highest BCUT2D eigenvalue weighted by Gasteiger charge is 2.12. The third-order valence-electron chi connectivity index (χ3n) is 3.62. The SMILES string of the molecule is Cc1cccc2nc(CCCl)n(Cc3ccc(F)cc3)c12. The van der Waals surface area contributed by atoms with Crippen molar-refractivity contribution < 1.29 is 4.39 Å². The van der Waals surface area contributed by atoms with E-state index in [1.54, 1.807) is 0 Å². The van der Waals surface area contributed by atoms with Gasteiger partial charge in [-0.15, -0.1) is 11.6 Å². The number of aromatic nitrogens is 2. The number of hydrogen-bond donors (Lipinski definition) is 0. The van der Waals surface area contributed by atoms with Gasteiger partial charge in [0, 0.05) is 18.8 Å². The van der Waals surface area contributed by atoms with Gasteiger partial charge in [0.2, 0.25) is 0 Å². The third kappa shape index (κ3) is 2.79. The second-order valence-electron chi connectivity index (χ2n) is 5.12. The fraction of sp³-hybridized carbons (Fsp3) is 0.235. The van der Waals surface area contributed by atoms with Crippen molar-refractivity contribution in [1.82, 2.24) is 9.55 Å². The average Bonchev–Trinajstić information content (AvgIpc) is 2.81. The van der Waals surface area contributed by atoms with Crippen LogP contribution in [0, 0.1) is 12.7 Å². The molecule has 0 spiro atoms. The number of fused-ring (bicyclic) bond motifs is 1. The van der Waals surface area contributed by atoms with Gasteiger partial charge in [-0.2, -0.15) is 0 Å². The number of alkyl halides is 1. The minimum absolute atomic E-state index is 0.216. The summed E-state index contributed by atoms with van der Waals surface area (Å²) >= 11 is 5.90. The van der Waals surface area contributed by atoms with Crippen LogP contribution in [-0.4, -0.2) is 15.4 Å². The van der Waals surface area contributed by atoms with Gasteiger partial charge in [-0.1, -0.05) is 24.3 Å². The first kappa shape index (κ1) is 14.1. The normalized spacial score (nSPS) is 11.2. The Morgan fingerprint density at radius 2 is 1.90 bits per heavy atom. The number of para-hydroxylation sites is 1. The zero-order valence-electron chi connectivity index (χ0n) is 11.8. The summed E-state index contributed by atoms with van der Waals surface area (Å²) in [5, 5.41) is 0. The van der Waals surface area contributed by atoms with E-state index in [0.717, 1.165) is 28.8 Å². The van der Waals surface area contributed by atoms with Crippen LogP contribution >= 0.6 is 11.6 Å². The van der Waals surface area contributed by atoms with Crippen molar-refractivity contribution >= 4 is 22.6 Å². The van der Waals surface area contributed by atoms with E-state index in [-0.39, 0.29) is 5.82 Å². The molecule has 2 nitrogen and oxygen atoms in total. The van der Waals surface area contributed by atoms with Crippen LogP contribution < -0.4 is 0 Å². The van der Waals surface area contributed by atoms with E-state index in [4.69, 9.17) is 11.6 Å². The number of aryl methyl sites for hydroxylation is 2. The molecular weight excluding hydrogens is 287 g/mol. The van der Waals surface area contributed by atoms with Crippen molar-refractivity contribution in [2.75, 3.05) is 5.88 Å². The first-order chi connectivity index (χ1) is 10.2. The van der Waals surface area contributed by atoms with E-state index >= 15 is 0 Å². The molecular formula is C17H16ClFN2. The van der Waals surface area contributed by atoms with Crippen molar-refractivity contribution in [3.8, 4) is 0 Å². The van der Waals surface area contributed by atoms with Crippen molar-refractivity contribution in [2.24, 2.45) is 0 Å². The lowest BCUT2D eigenvalue weighted by Gasteiger charge is -2.10. The maximum Gasteiger partial charge on any atom is 0.123 e. The standard InChI is InChI=1S/C17H16ClFN2/c1-12-3-2-4-15-17(12)21(16(20-15)9-10-18)11-13-5-7-14(19)8-6-13/h2-8H,9-11H2,1H3. The highest BCUT2D eigenvalue weighted by atomic mass is 35.5. The fourth-order valence-electron chi connectivity index (χ4n) is 2.63. The molecule has 2 aromatic carbocycles. The molecule has 0 unspecified atom stereocenters. The Labute approximate surface area is 128 Å². The molecule has 1 aromatic heterocycles. The molecule has 108 valence electrons. The van der Waals surface area contributed by atoms with Crippen LogP contribution in [0.5, 0.6) is 0 Å². The molecule has 0 aliphatic carbocycles. The van der Waals surface area contributed by atoms with E-state index < -0.39 is 0 Å². The molecule has 0 radical (unpaired) electrons. The van der Waals surface area contributed by atoms with E-state index in [0.29, 0.717) is 12.4 Å². The van der Waals surface area contributed by atoms with Crippen LogP contribution in [0.2, 0.25) is 0 Å². The molecule has 21 heavy (non-hydrogen) atoms. The van der Waals surface area contributed by atoms with E-state index in [9.17, 15) is 4.39 Å². The molecule has 0 aliphatic heterocycles. The topological polar surface area (TPSA) is 17.8 Å². The van der Waals surface area contributed by atoms with Crippen LogP contribution in [-0.2, 0) is 13.0 Å². The Bertz CT molecular complexity index is 762. The quantitative estimate of drug-likeness (QED) is 0.657. The van der Waals surface area contributed by atoms with Gasteiger partial charge in [-0.25, -0.2) is 9.37 Å². The minimum atomic E-state index is -0.216. The zero-order valence-corrected chi connectivity index (χ0v) is 12.6. The lowest BCUT2D eigenvalue weighted by atomic mass is 10.2. The maximum absolute atomic E-state index is 13.0. The molecule has 3 aromatic rings. The summed E-state index contributed by atoms with van der Waals surface area (Å²) in [4.78, 5) is 4.68. The van der Waals surface area contributed by atoms with Crippen LogP contribution in [0.4, 0.5) is 4.39 Å². The number of halogens is 2. The molecule has 0 aliphatic rings. The van der Waals surface area contributed by atoms with Crippen molar-refractivity contribution in [3.05, 3.63) is 65.2 Å². The molecule has 3 rings (SSSR count). The number of imidazole rings is 1. The van der Waals surface area contributed by atoms with Gasteiger partial charge >= 0.3 is 0 Å². The zero-order chi connectivity index (χ0) is 14.8.